The Morgan fingerprint density at radius 1 is 1.18 bits per heavy atom. The molecule has 6 heteroatoms. The van der Waals surface area contributed by atoms with Gasteiger partial charge in [0.05, 0.1) is 11.5 Å². The van der Waals surface area contributed by atoms with Gasteiger partial charge >= 0.3 is 0 Å². The maximum atomic E-state index is 12.1. The maximum absolute atomic E-state index is 12.1. The summed E-state index contributed by atoms with van der Waals surface area (Å²) in [7, 11) is -2.89. The van der Waals surface area contributed by atoms with Crippen LogP contribution in [0.3, 0.4) is 0 Å². The van der Waals surface area contributed by atoms with Gasteiger partial charge in [-0.1, -0.05) is 0 Å². The quantitative estimate of drug-likeness (QED) is 0.932. The summed E-state index contributed by atoms with van der Waals surface area (Å²) in [6.07, 6.45) is 4.51. The van der Waals surface area contributed by atoms with E-state index in [0.29, 0.717) is 18.5 Å². The van der Waals surface area contributed by atoms with Crippen LogP contribution in [-0.2, 0) is 9.84 Å². The van der Waals surface area contributed by atoms with Crippen molar-refractivity contribution in [2.75, 3.05) is 18.1 Å². The fraction of sp³-hybridized carbons (Fsp3) is 0.312. The molecule has 0 aliphatic carbocycles. The van der Waals surface area contributed by atoms with Gasteiger partial charge in [-0.2, -0.15) is 0 Å². The Morgan fingerprint density at radius 3 is 2.45 bits per heavy atom. The number of benzene rings is 1. The van der Waals surface area contributed by atoms with Crippen molar-refractivity contribution in [1.82, 2.24) is 9.88 Å². The molecule has 3 rings (SSSR count). The van der Waals surface area contributed by atoms with E-state index >= 15 is 0 Å². The summed E-state index contributed by atoms with van der Waals surface area (Å²) in [6, 6.07) is 11.2. The van der Waals surface area contributed by atoms with Gasteiger partial charge in [0.2, 0.25) is 0 Å². The standard InChI is InChI=1S/C16H18N2O3S/c19-16(17-11-13-7-10-22(20,21)12-13)14-3-5-15(6-4-14)18-8-1-2-9-18/h1-6,8-9,13H,7,10-12H2,(H,17,19)/t13-/m1/s1. The number of rotatable bonds is 4. The third-order valence-electron chi connectivity index (χ3n) is 3.91. The molecular formula is C16H18N2O3S. The Kier molecular flexibility index (Phi) is 4.02. The predicted molar refractivity (Wildman–Crippen MR) is 84.9 cm³/mol. The molecule has 1 fully saturated rings. The van der Waals surface area contributed by atoms with E-state index < -0.39 is 9.84 Å². The van der Waals surface area contributed by atoms with Crippen LogP contribution in [-0.4, -0.2) is 36.9 Å². The van der Waals surface area contributed by atoms with E-state index in [-0.39, 0.29) is 23.3 Å². The molecule has 2 aromatic rings. The minimum atomic E-state index is -2.89. The molecule has 0 bridgehead atoms. The van der Waals surface area contributed by atoms with Crippen LogP contribution in [0.4, 0.5) is 0 Å². The van der Waals surface area contributed by atoms with Gasteiger partial charge in [-0.05, 0) is 48.7 Å². The molecule has 0 unspecified atom stereocenters. The smallest absolute Gasteiger partial charge is 0.251 e. The highest BCUT2D eigenvalue weighted by Gasteiger charge is 2.27. The molecule has 5 nitrogen and oxygen atoms in total. The Labute approximate surface area is 129 Å². The van der Waals surface area contributed by atoms with Gasteiger partial charge in [0, 0.05) is 30.2 Å². The summed E-state index contributed by atoms with van der Waals surface area (Å²) in [5.41, 5.74) is 1.57. The van der Waals surface area contributed by atoms with Gasteiger partial charge in [-0.3, -0.25) is 4.79 Å². The van der Waals surface area contributed by atoms with Gasteiger partial charge in [-0.15, -0.1) is 0 Å². The number of hydrogen-bond acceptors (Lipinski definition) is 3. The number of carbonyl (C=O) groups excluding carboxylic acids is 1. The van der Waals surface area contributed by atoms with Crippen molar-refractivity contribution in [3.63, 3.8) is 0 Å². The zero-order valence-corrected chi connectivity index (χ0v) is 12.9. The van der Waals surface area contributed by atoms with Crippen molar-refractivity contribution >= 4 is 15.7 Å². The molecule has 0 spiro atoms. The van der Waals surface area contributed by atoms with Gasteiger partial charge in [0.15, 0.2) is 9.84 Å². The minimum absolute atomic E-state index is 0.0353. The SMILES string of the molecule is O=C(NC[C@H]1CCS(=O)(=O)C1)c1ccc(-n2cccc2)cc1. The molecule has 0 radical (unpaired) electrons. The lowest BCUT2D eigenvalue weighted by Crippen LogP contribution is -2.29. The average molecular weight is 318 g/mol. The maximum Gasteiger partial charge on any atom is 0.251 e. The molecule has 1 aromatic carbocycles. The normalized spacial score (nSPS) is 19.9. The fourth-order valence-electron chi connectivity index (χ4n) is 2.66. The number of amides is 1. The first-order valence-electron chi connectivity index (χ1n) is 7.25. The first-order chi connectivity index (χ1) is 10.5. The molecule has 1 saturated heterocycles. The molecule has 2 heterocycles. The van der Waals surface area contributed by atoms with E-state index in [1.165, 1.54) is 0 Å². The first-order valence-corrected chi connectivity index (χ1v) is 9.08. The molecule has 22 heavy (non-hydrogen) atoms. The molecule has 1 atom stereocenters. The van der Waals surface area contributed by atoms with Crippen molar-refractivity contribution in [2.45, 2.75) is 6.42 Å². The Hall–Kier alpha value is -2.08. The predicted octanol–water partition coefficient (Wildman–Crippen LogP) is 1.64. The van der Waals surface area contributed by atoms with Gasteiger partial charge in [-0.25, -0.2) is 8.42 Å². The second-order valence-electron chi connectivity index (χ2n) is 5.62. The van der Waals surface area contributed by atoms with Crippen LogP contribution in [0, 0.1) is 5.92 Å². The van der Waals surface area contributed by atoms with E-state index in [2.05, 4.69) is 5.32 Å². The van der Waals surface area contributed by atoms with Crippen LogP contribution in [0.2, 0.25) is 0 Å². The fourth-order valence-corrected chi connectivity index (χ4v) is 4.53. The molecule has 116 valence electrons. The highest BCUT2D eigenvalue weighted by atomic mass is 32.2. The minimum Gasteiger partial charge on any atom is -0.352 e. The number of nitrogens with zero attached hydrogens (tertiary/aromatic N) is 1. The lowest BCUT2D eigenvalue weighted by Gasteiger charge is -2.10. The molecule has 1 amide bonds. The summed E-state index contributed by atoms with van der Waals surface area (Å²) >= 11 is 0. The number of hydrogen-bond donors (Lipinski definition) is 1. The number of sulfone groups is 1. The second-order valence-corrected chi connectivity index (χ2v) is 7.84. The summed E-state index contributed by atoms with van der Waals surface area (Å²) in [5, 5.41) is 2.82. The Balaban J connectivity index is 1.59. The molecule has 1 aliphatic rings. The van der Waals surface area contributed by atoms with Gasteiger partial charge in [0.1, 0.15) is 0 Å². The lowest BCUT2D eigenvalue weighted by molar-refractivity contribution is 0.0948. The van der Waals surface area contributed by atoms with Gasteiger partial charge < -0.3 is 9.88 Å². The van der Waals surface area contributed by atoms with Gasteiger partial charge in [0.25, 0.3) is 5.91 Å². The molecular weight excluding hydrogens is 300 g/mol. The average Bonchev–Trinajstić information content (AvgIpc) is 3.14. The van der Waals surface area contributed by atoms with Crippen LogP contribution in [0.15, 0.2) is 48.8 Å². The number of carbonyl (C=O) groups is 1. The van der Waals surface area contributed by atoms with Crippen LogP contribution in [0.1, 0.15) is 16.8 Å². The van der Waals surface area contributed by atoms with Crippen LogP contribution < -0.4 is 5.32 Å². The van der Waals surface area contributed by atoms with Crippen molar-refractivity contribution in [1.29, 1.82) is 0 Å². The van der Waals surface area contributed by atoms with E-state index in [0.717, 1.165) is 5.69 Å². The third kappa shape index (κ3) is 3.39. The topological polar surface area (TPSA) is 68.2 Å². The van der Waals surface area contributed by atoms with Crippen molar-refractivity contribution in [2.24, 2.45) is 5.92 Å². The molecule has 1 N–H and O–H groups in total. The zero-order chi connectivity index (χ0) is 15.6. The lowest BCUT2D eigenvalue weighted by atomic mass is 10.1. The van der Waals surface area contributed by atoms with Crippen molar-refractivity contribution < 1.29 is 13.2 Å². The van der Waals surface area contributed by atoms with E-state index in [9.17, 15) is 13.2 Å². The monoisotopic (exact) mass is 318 g/mol. The molecule has 1 aliphatic heterocycles. The highest BCUT2D eigenvalue weighted by Crippen LogP contribution is 2.17. The number of nitrogens with one attached hydrogen (secondary N) is 1. The van der Waals surface area contributed by atoms with E-state index in [1.54, 1.807) is 12.1 Å². The summed E-state index contributed by atoms with van der Waals surface area (Å²) in [5.74, 6) is 0.287. The van der Waals surface area contributed by atoms with Crippen LogP contribution in [0.25, 0.3) is 5.69 Å². The van der Waals surface area contributed by atoms with Crippen LogP contribution in [0.5, 0.6) is 0 Å². The summed E-state index contributed by atoms with van der Waals surface area (Å²) in [4.78, 5) is 12.1. The second kappa shape index (κ2) is 5.96. The van der Waals surface area contributed by atoms with Crippen molar-refractivity contribution in [3.05, 3.63) is 54.4 Å². The summed E-state index contributed by atoms with van der Waals surface area (Å²) in [6.45, 7) is 0.414. The number of aromatic nitrogens is 1. The zero-order valence-electron chi connectivity index (χ0n) is 12.1. The van der Waals surface area contributed by atoms with Crippen molar-refractivity contribution in [3.8, 4) is 5.69 Å². The Morgan fingerprint density at radius 2 is 1.86 bits per heavy atom. The van der Waals surface area contributed by atoms with E-state index in [1.807, 2.05) is 41.2 Å². The Bertz CT molecular complexity index is 749. The third-order valence-corrected chi connectivity index (χ3v) is 5.75. The summed E-state index contributed by atoms with van der Waals surface area (Å²) < 4.78 is 24.7. The highest BCUT2D eigenvalue weighted by molar-refractivity contribution is 7.91. The van der Waals surface area contributed by atoms with Crippen LogP contribution >= 0.6 is 0 Å². The molecule has 1 aromatic heterocycles. The molecule has 0 saturated carbocycles. The van der Waals surface area contributed by atoms with E-state index in [4.69, 9.17) is 0 Å². The first kappa shape index (κ1) is 14.8. The largest absolute Gasteiger partial charge is 0.352 e.